The zero-order valence-corrected chi connectivity index (χ0v) is 13.8. The van der Waals surface area contributed by atoms with Crippen molar-refractivity contribution in [2.45, 2.75) is 26.8 Å². The van der Waals surface area contributed by atoms with Gasteiger partial charge in [-0.25, -0.2) is 4.79 Å². The third-order valence-electron chi connectivity index (χ3n) is 3.83. The lowest BCUT2D eigenvalue weighted by atomic mass is 10.1. The lowest BCUT2D eigenvalue weighted by Gasteiger charge is -2.11. The Morgan fingerprint density at radius 1 is 1.13 bits per heavy atom. The summed E-state index contributed by atoms with van der Waals surface area (Å²) in [5.74, 6) is -0.345. The first-order chi connectivity index (χ1) is 10.9. The van der Waals surface area contributed by atoms with Crippen LogP contribution in [-0.2, 0) is 20.6 Å². The van der Waals surface area contributed by atoms with Crippen LogP contribution in [0.25, 0.3) is 0 Å². The van der Waals surface area contributed by atoms with E-state index in [1.54, 1.807) is 0 Å². The first-order valence-electron chi connectivity index (χ1n) is 7.45. The maximum Gasteiger partial charge on any atom is 0.333 e. The Bertz CT molecular complexity index is 858. The van der Waals surface area contributed by atoms with E-state index in [4.69, 9.17) is 0 Å². The van der Waals surface area contributed by atoms with Crippen molar-refractivity contribution in [1.29, 1.82) is 0 Å². The standard InChI is InChI=1S/C17H21N3O3/c1-5-13(18-10-12-8-6-11(2)7-9-12)14-15(21)19(3)17(23)20(4)16(14)22/h6-9,21H,5,10H2,1-4H3. The molecular formula is C17H21N3O3. The summed E-state index contributed by atoms with van der Waals surface area (Å²) in [6.07, 6.45) is 0.479. The molecule has 6 nitrogen and oxygen atoms in total. The predicted molar refractivity (Wildman–Crippen MR) is 90.3 cm³/mol. The molecule has 1 N–H and O–H groups in total. The second-order valence-corrected chi connectivity index (χ2v) is 5.51. The molecule has 1 aromatic carbocycles. The molecule has 2 aromatic rings. The summed E-state index contributed by atoms with van der Waals surface area (Å²) in [4.78, 5) is 28.6. The molecule has 0 atom stereocenters. The molecule has 23 heavy (non-hydrogen) atoms. The summed E-state index contributed by atoms with van der Waals surface area (Å²) in [5, 5.41) is 10.2. The third kappa shape index (κ3) is 3.26. The van der Waals surface area contributed by atoms with Crippen LogP contribution in [0.1, 0.15) is 30.0 Å². The smallest absolute Gasteiger partial charge is 0.333 e. The molecule has 0 bridgehead atoms. The van der Waals surface area contributed by atoms with Gasteiger partial charge < -0.3 is 5.11 Å². The molecule has 0 aliphatic heterocycles. The number of aryl methyl sites for hydroxylation is 1. The largest absolute Gasteiger partial charge is 0.494 e. The van der Waals surface area contributed by atoms with E-state index in [9.17, 15) is 14.7 Å². The van der Waals surface area contributed by atoms with E-state index >= 15 is 0 Å². The van der Waals surface area contributed by atoms with Gasteiger partial charge in [-0.2, -0.15) is 0 Å². The van der Waals surface area contributed by atoms with Crippen LogP contribution in [0.3, 0.4) is 0 Å². The lowest BCUT2D eigenvalue weighted by molar-refractivity contribution is 0.410. The van der Waals surface area contributed by atoms with Crippen molar-refractivity contribution in [3.63, 3.8) is 0 Å². The molecule has 6 heteroatoms. The topological polar surface area (TPSA) is 76.6 Å². The van der Waals surface area contributed by atoms with Gasteiger partial charge in [0.15, 0.2) is 0 Å². The highest BCUT2D eigenvalue weighted by Gasteiger charge is 2.18. The van der Waals surface area contributed by atoms with Crippen molar-refractivity contribution in [2.75, 3.05) is 0 Å². The minimum atomic E-state index is -0.565. The lowest BCUT2D eigenvalue weighted by Crippen LogP contribution is -2.40. The van der Waals surface area contributed by atoms with E-state index in [1.165, 1.54) is 14.1 Å². The Morgan fingerprint density at radius 2 is 1.74 bits per heavy atom. The van der Waals surface area contributed by atoms with Crippen molar-refractivity contribution < 1.29 is 5.11 Å². The highest BCUT2D eigenvalue weighted by molar-refractivity contribution is 6.01. The van der Waals surface area contributed by atoms with Gasteiger partial charge in [-0.05, 0) is 18.9 Å². The summed E-state index contributed by atoms with van der Waals surface area (Å²) in [6, 6.07) is 7.95. The van der Waals surface area contributed by atoms with E-state index in [0.29, 0.717) is 18.7 Å². The second kappa shape index (κ2) is 6.64. The zero-order valence-electron chi connectivity index (χ0n) is 13.8. The number of aromatic nitrogens is 2. The van der Waals surface area contributed by atoms with Gasteiger partial charge in [0, 0.05) is 14.1 Å². The van der Waals surface area contributed by atoms with Crippen LogP contribution in [0, 0.1) is 6.92 Å². The average Bonchev–Trinajstić information content (AvgIpc) is 2.55. The maximum absolute atomic E-state index is 12.3. The van der Waals surface area contributed by atoms with Gasteiger partial charge in [0.2, 0.25) is 5.88 Å². The fourth-order valence-corrected chi connectivity index (χ4v) is 2.33. The number of aliphatic imine (C=N–C) groups is 1. The average molecular weight is 315 g/mol. The fraction of sp³-hybridized carbons (Fsp3) is 0.353. The van der Waals surface area contributed by atoms with Crippen molar-refractivity contribution in [3.8, 4) is 5.88 Å². The Balaban J connectivity index is 2.50. The molecular weight excluding hydrogens is 294 g/mol. The molecule has 1 heterocycles. The Labute approximate surface area is 134 Å². The first-order valence-corrected chi connectivity index (χ1v) is 7.45. The number of rotatable bonds is 4. The van der Waals surface area contributed by atoms with Gasteiger partial charge in [-0.15, -0.1) is 0 Å². The molecule has 2 rings (SSSR count). The monoisotopic (exact) mass is 315 g/mol. The van der Waals surface area contributed by atoms with Crippen LogP contribution in [0.5, 0.6) is 5.88 Å². The molecule has 0 saturated heterocycles. The van der Waals surface area contributed by atoms with Gasteiger partial charge >= 0.3 is 5.69 Å². The van der Waals surface area contributed by atoms with E-state index in [0.717, 1.165) is 20.3 Å². The highest BCUT2D eigenvalue weighted by Crippen LogP contribution is 2.13. The Kier molecular flexibility index (Phi) is 4.83. The van der Waals surface area contributed by atoms with Crippen LogP contribution in [-0.4, -0.2) is 20.0 Å². The fourth-order valence-electron chi connectivity index (χ4n) is 2.33. The van der Waals surface area contributed by atoms with E-state index in [1.807, 2.05) is 38.1 Å². The third-order valence-corrected chi connectivity index (χ3v) is 3.83. The summed E-state index contributed by atoms with van der Waals surface area (Å²) in [7, 11) is 2.81. The summed E-state index contributed by atoms with van der Waals surface area (Å²) < 4.78 is 2.03. The summed E-state index contributed by atoms with van der Waals surface area (Å²) >= 11 is 0. The highest BCUT2D eigenvalue weighted by atomic mass is 16.3. The number of hydrogen-bond acceptors (Lipinski definition) is 4. The van der Waals surface area contributed by atoms with E-state index in [2.05, 4.69) is 4.99 Å². The van der Waals surface area contributed by atoms with Crippen LogP contribution < -0.4 is 11.2 Å². The molecule has 0 radical (unpaired) electrons. The molecule has 0 unspecified atom stereocenters. The van der Waals surface area contributed by atoms with Crippen LogP contribution >= 0.6 is 0 Å². The first kappa shape index (κ1) is 16.7. The molecule has 122 valence electrons. The zero-order chi connectivity index (χ0) is 17.1. The normalized spacial score (nSPS) is 11.7. The number of benzene rings is 1. The van der Waals surface area contributed by atoms with Crippen molar-refractivity contribution >= 4 is 5.71 Å². The number of aromatic hydroxyl groups is 1. The number of hydrogen-bond donors (Lipinski definition) is 1. The SMILES string of the molecule is CCC(=NCc1ccc(C)cc1)c1c(O)n(C)c(=O)n(C)c1=O. The van der Waals surface area contributed by atoms with Gasteiger partial charge in [0.05, 0.1) is 12.3 Å². The molecule has 0 amide bonds. The van der Waals surface area contributed by atoms with Crippen LogP contribution in [0.4, 0.5) is 0 Å². The van der Waals surface area contributed by atoms with Gasteiger partial charge in [-0.3, -0.25) is 18.9 Å². The van der Waals surface area contributed by atoms with Crippen LogP contribution in [0.2, 0.25) is 0 Å². The van der Waals surface area contributed by atoms with Crippen molar-refractivity contribution in [2.24, 2.45) is 19.1 Å². The van der Waals surface area contributed by atoms with Gasteiger partial charge in [0.1, 0.15) is 5.56 Å². The number of nitrogens with zero attached hydrogens (tertiary/aromatic N) is 3. The minimum Gasteiger partial charge on any atom is -0.494 e. The molecule has 0 spiro atoms. The molecule has 0 aliphatic rings. The summed E-state index contributed by atoms with van der Waals surface area (Å²) in [6.45, 7) is 4.28. The van der Waals surface area contributed by atoms with Gasteiger partial charge in [0.25, 0.3) is 5.56 Å². The predicted octanol–water partition coefficient (Wildman–Crippen LogP) is 1.50. The molecule has 0 saturated carbocycles. The van der Waals surface area contributed by atoms with Crippen molar-refractivity contribution in [1.82, 2.24) is 9.13 Å². The molecule has 1 aromatic heterocycles. The maximum atomic E-state index is 12.3. The van der Waals surface area contributed by atoms with Gasteiger partial charge in [-0.1, -0.05) is 36.8 Å². The Hall–Kier alpha value is -2.63. The Morgan fingerprint density at radius 3 is 2.30 bits per heavy atom. The van der Waals surface area contributed by atoms with E-state index < -0.39 is 11.2 Å². The quantitative estimate of drug-likeness (QED) is 0.869. The second-order valence-electron chi connectivity index (χ2n) is 5.51. The van der Waals surface area contributed by atoms with Crippen molar-refractivity contribution in [3.05, 3.63) is 61.8 Å². The summed E-state index contributed by atoms with van der Waals surface area (Å²) in [5.41, 5.74) is 1.66. The molecule has 0 aliphatic carbocycles. The minimum absolute atomic E-state index is 0.0872. The van der Waals surface area contributed by atoms with E-state index in [-0.39, 0.29) is 11.4 Å². The van der Waals surface area contributed by atoms with Crippen LogP contribution in [0.15, 0.2) is 38.8 Å². The molecule has 0 fully saturated rings.